The van der Waals surface area contributed by atoms with Gasteiger partial charge in [0.15, 0.2) is 0 Å². The van der Waals surface area contributed by atoms with Crippen LogP contribution in [0.2, 0.25) is 0 Å². The van der Waals surface area contributed by atoms with E-state index in [0.29, 0.717) is 12.0 Å². The summed E-state index contributed by atoms with van der Waals surface area (Å²) >= 11 is 0. The minimum Gasteiger partial charge on any atom is -0.325 e. The van der Waals surface area contributed by atoms with E-state index in [2.05, 4.69) is 6.92 Å². The monoisotopic (exact) mass is 253 g/mol. The Balaban J connectivity index is 2.04. The minimum absolute atomic E-state index is 0.315. The molecule has 0 radical (unpaired) electrons. The normalized spacial score (nSPS) is 28.3. The van der Waals surface area contributed by atoms with Gasteiger partial charge in [0.05, 0.1) is 0 Å². The average molecular weight is 253 g/mol. The van der Waals surface area contributed by atoms with Gasteiger partial charge in [0, 0.05) is 11.6 Å². The summed E-state index contributed by atoms with van der Waals surface area (Å²) in [5.74, 6) is -0.241. The molecule has 0 heterocycles. The predicted octanol–water partition coefficient (Wildman–Crippen LogP) is 3.81. The van der Waals surface area contributed by atoms with Gasteiger partial charge in [-0.3, -0.25) is 0 Å². The molecule has 1 fully saturated rings. The second-order valence-corrected chi connectivity index (χ2v) is 5.63. The summed E-state index contributed by atoms with van der Waals surface area (Å²) in [7, 11) is 0. The summed E-state index contributed by atoms with van der Waals surface area (Å²) in [6, 6.07) is 3.76. The Labute approximate surface area is 107 Å². The third kappa shape index (κ3) is 3.08. The molecule has 0 aromatic heterocycles. The zero-order chi connectivity index (χ0) is 13.2. The third-order valence-electron chi connectivity index (χ3n) is 4.24. The molecule has 3 heteroatoms. The van der Waals surface area contributed by atoms with Crippen LogP contribution < -0.4 is 5.73 Å². The highest BCUT2D eigenvalue weighted by Gasteiger charge is 2.31. The molecule has 1 nitrogen and oxygen atoms in total. The molecule has 2 rings (SSSR count). The van der Waals surface area contributed by atoms with Crippen molar-refractivity contribution in [3.05, 3.63) is 35.4 Å². The van der Waals surface area contributed by atoms with Gasteiger partial charge >= 0.3 is 0 Å². The molecule has 1 aromatic carbocycles. The lowest BCUT2D eigenvalue weighted by Crippen LogP contribution is -2.45. The quantitative estimate of drug-likeness (QED) is 0.871. The van der Waals surface area contributed by atoms with Crippen molar-refractivity contribution in [3.63, 3.8) is 0 Å². The highest BCUT2D eigenvalue weighted by atomic mass is 19.1. The summed E-state index contributed by atoms with van der Waals surface area (Å²) in [4.78, 5) is 0. The predicted molar refractivity (Wildman–Crippen MR) is 69.2 cm³/mol. The maximum absolute atomic E-state index is 13.6. The van der Waals surface area contributed by atoms with Crippen molar-refractivity contribution in [1.29, 1.82) is 0 Å². The van der Waals surface area contributed by atoms with Crippen LogP contribution in [0.15, 0.2) is 18.2 Å². The molecule has 0 spiro atoms. The maximum atomic E-state index is 13.6. The summed E-state index contributed by atoms with van der Waals surface area (Å²) in [5.41, 5.74) is 6.58. The van der Waals surface area contributed by atoms with Crippen molar-refractivity contribution in [1.82, 2.24) is 0 Å². The van der Waals surface area contributed by atoms with E-state index in [1.807, 2.05) is 0 Å². The molecule has 1 saturated carbocycles. The van der Waals surface area contributed by atoms with Crippen LogP contribution >= 0.6 is 0 Å². The van der Waals surface area contributed by atoms with Gasteiger partial charge in [0.1, 0.15) is 11.6 Å². The number of nitrogens with two attached hydrogens (primary N) is 1. The van der Waals surface area contributed by atoms with Gasteiger partial charge in [-0.2, -0.15) is 0 Å². The standard InChI is InChI=1S/C15H21F2N/c1-2-11-5-7-15(18,8-6-11)10-12-3-4-13(16)9-14(12)17/h3-4,9,11H,2,5-8,10,18H2,1H3. The smallest absolute Gasteiger partial charge is 0.129 e. The Morgan fingerprint density at radius 2 is 1.94 bits per heavy atom. The van der Waals surface area contributed by atoms with Crippen LogP contribution in [0.3, 0.4) is 0 Å². The lowest BCUT2D eigenvalue weighted by atomic mass is 9.73. The Bertz CT molecular complexity index is 409. The van der Waals surface area contributed by atoms with E-state index in [9.17, 15) is 8.78 Å². The van der Waals surface area contributed by atoms with Gasteiger partial charge in [0.25, 0.3) is 0 Å². The van der Waals surface area contributed by atoms with E-state index in [4.69, 9.17) is 5.73 Å². The van der Waals surface area contributed by atoms with Gasteiger partial charge in [-0.1, -0.05) is 19.4 Å². The number of halogens is 2. The van der Waals surface area contributed by atoms with Crippen LogP contribution in [0.1, 0.15) is 44.6 Å². The fraction of sp³-hybridized carbons (Fsp3) is 0.600. The first-order valence-electron chi connectivity index (χ1n) is 6.75. The average Bonchev–Trinajstić information content (AvgIpc) is 2.34. The highest BCUT2D eigenvalue weighted by molar-refractivity contribution is 5.21. The molecule has 0 unspecified atom stereocenters. The van der Waals surface area contributed by atoms with Gasteiger partial charge in [-0.15, -0.1) is 0 Å². The van der Waals surface area contributed by atoms with Crippen LogP contribution in [-0.4, -0.2) is 5.54 Å². The van der Waals surface area contributed by atoms with Crippen LogP contribution in [0.5, 0.6) is 0 Å². The molecule has 0 aliphatic heterocycles. The highest BCUT2D eigenvalue weighted by Crippen LogP contribution is 2.34. The second-order valence-electron chi connectivity index (χ2n) is 5.63. The topological polar surface area (TPSA) is 26.0 Å². The van der Waals surface area contributed by atoms with Gasteiger partial charge in [-0.25, -0.2) is 8.78 Å². The SMILES string of the molecule is CCC1CCC(N)(Cc2ccc(F)cc2F)CC1. The van der Waals surface area contributed by atoms with E-state index in [-0.39, 0.29) is 5.54 Å². The first-order chi connectivity index (χ1) is 8.52. The molecule has 0 bridgehead atoms. The molecule has 0 saturated heterocycles. The Kier molecular flexibility index (Phi) is 4.00. The van der Waals surface area contributed by atoms with Crippen molar-refractivity contribution in [2.45, 2.75) is 51.0 Å². The van der Waals surface area contributed by atoms with Gasteiger partial charge in [0.2, 0.25) is 0 Å². The second kappa shape index (κ2) is 5.35. The minimum atomic E-state index is -0.531. The van der Waals surface area contributed by atoms with Crippen LogP contribution in [0, 0.1) is 17.6 Å². The number of rotatable bonds is 3. The first-order valence-corrected chi connectivity index (χ1v) is 6.75. The van der Waals surface area contributed by atoms with E-state index in [0.717, 1.165) is 37.7 Å². The lowest BCUT2D eigenvalue weighted by Gasteiger charge is -2.37. The van der Waals surface area contributed by atoms with Crippen LogP contribution in [0.25, 0.3) is 0 Å². The van der Waals surface area contributed by atoms with Crippen molar-refractivity contribution < 1.29 is 8.78 Å². The van der Waals surface area contributed by atoms with Gasteiger partial charge < -0.3 is 5.73 Å². The molecule has 100 valence electrons. The molecular weight excluding hydrogens is 232 g/mol. The Hall–Kier alpha value is -0.960. The van der Waals surface area contributed by atoms with Gasteiger partial charge in [-0.05, 0) is 49.7 Å². The molecular formula is C15H21F2N. The number of benzene rings is 1. The Morgan fingerprint density at radius 1 is 1.28 bits per heavy atom. The number of hydrogen-bond acceptors (Lipinski definition) is 1. The van der Waals surface area contributed by atoms with Crippen LogP contribution in [-0.2, 0) is 6.42 Å². The summed E-state index contributed by atoms with van der Waals surface area (Å²) in [5, 5.41) is 0. The maximum Gasteiger partial charge on any atom is 0.129 e. The van der Waals surface area contributed by atoms with Crippen LogP contribution in [0.4, 0.5) is 8.78 Å². The van der Waals surface area contributed by atoms with Crippen molar-refractivity contribution >= 4 is 0 Å². The Morgan fingerprint density at radius 3 is 2.50 bits per heavy atom. The lowest BCUT2D eigenvalue weighted by molar-refractivity contribution is 0.227. The zero-order valence-corrected chi connectivity index (χ0v) is 10.9. The third-order valence-corrected chi connectivity index (χ3v) is 4.24. The first kappa shape index (κ1) is 13.5. The molecule has 18 heavy (non-hydrogen) atoms. The molecule has 0 amide bonds. The zero-order valence-electron chi connectivity index (χ0n) is 10.9. The molecule has 1 aliphatic carbocycles. The van der Waals surface area contributed by atoms with Crippen molar-refractivity contribution in [3.8, 4) is 0 Å². The fourth-order valence-corrected chi connectivity index (χ4v) is 2.88. The fourth-order valence-electron chi connectivity index (χ4n) is 2.88. The summed E-state index contributed by atoms with van der Waals surface area (Å²) < 4.78 is 26.5. The largest absolute Gasteiger partial charge is 0.325 e. The van der Waals surface area contributed by atoms with Crippen molar-refractivity contribution in [2.24, 2.45) is 11.7 Å². The molecule has 2 N–H and O–H groups in total. The van der Waals surface area contributed by atoms with Crippen molar-refractivity contribution in [2.75, 3.05) is 0 Å². The summed E-state index contributed by atoms with van der Waals surface area (Å²) in [6.45, 7) is 2.20. The van der Waals surface area contributed by atoms with E-state index >= 15 is 0 Å². The van der Waals surface area contributed by atoms with E-state index in [1.54, 1.807) is 0 Å². The molecule has 0 atom stereocenters. The molecule has 1 aliphatic rings. The van der Waals surface area contributed by atoms with E-state index < -0.39 is 11.6 Å². The molecule has 1 aromatic rings. The van der Waals surface area contributed by atoms with E-state index in [1.165, 1.54) is 18.6 Å². The summed E-state index contributed by atoms with van der Waals surface area (Å²) in [6.07, 6.45) is 5.81. The number of hydrogen-bond donors (Lipinski definition) is 1.